The maximum atomic E-state index is 8.74. The van der Waals surface area contributed by atoms with Gasteiger partial charge in [0.15, 0.2) is 0 Å². The Morgan fingerprint density at radius 1 is 1.00 bits per heavy atom. The van der Waals surface area contributed by atoms with E-state index in [1.54, 1.807) is 13.8 Å². The zero-order valence-electron chi connectivity index (χ0n) is 6.17. The second-order valence-electron chi connectivity index (χ2n) is 1.93. The predicted molar refractivity (Wildman–Crippen MR) is 37.5 cm³/mol. The first-order valence-corrected chi connectivity index (χ1v) is 4.10. The minimum atomic E-state index is -4.67. The average Bonchev–Trinajstić information content (AvgIpc) is 1.59. The summed E-state index contributed by atoms with van der Waals surface area (Å²) in [6.07, 6.45) is -1.19. The molecule has 0 aromatic heterocycles. The molecule has 6 nitrogen and oxygen atoms in total. The van der Waals surface area contributed by atoms with Crippen LogP contribution in [0.25, 0.3) is 0 Å². The van der Waals surface area contributed by atoms with Crippen LogP contribution < -0.4 is 0 Å². The maximum Gasteiger partial charge on any atom is 0.394 e. The highest BCUT2D eigenvalue weighted by molar-refractivity contribution is 7.79. The molecule has 4 N–H and O–H groups in total. The number of hydrogen-bond acceptors (Lipinski definition) is 4. The second kappa shape index (κ2) is 5.44. The first kappa shape index (κ1) is 13.4. The van der Waals surface area contributed by atoms with E-state index in [0.717, 1.165) is 0 Å². The van der Waals surface area contributed by atoms with Gasteiger partial charge in [0.2, 0.25) is 0 Å². The van der Waals surface area contributed by atoms with Crippen LogP contribution in [0.1, 0.15) is 13.8 Å². The molecule has 0 aliphatic carbocycles. The van der Waals surface area contributed by atoms with Gasteiger partial charge in [0.25, 0.3) is 0 Å². The van der Waals surface area contributed by atoms with Crippen molar-refractivity contribution in [1.29, 1.82) is 0 Å². The van der Waals surface area contributed by atoms with Gasteiger partial charge in [-0.1, -0.05) is 0 Å². The molecule has 0 amide bonds. The van der Waals surface area contributed by atoms with Crippen molar-refractivity contribution in [2.45, 2.75) is 26.1 Å². The molecule has 0 aliphatic rings. The molecule has 70 valence electrons. The Kier molecular flexibility index (Phi) is 6.62. The zero-order chi connectivity index (χ0) is 9.65. The van der Waals surface area contributed by atoms with E-state index in [2.05, 4.69) is 0 Å². The molecule has 7 heteroatoms. The van der Waals surface area contributed by atoms with E-state index < -0.39 is 22.6 Å². The summed E-state index contributed by atoms with van der Waals surface area (Å²) >= 11 is 0. The van der Waals surface area contributed by atoms with Gasteiger partial charge in [0, 0.05) is 0 Å². The lowest BCUT2D eigenvalue weighted by atomic mass is 10.3. The highest BCUT2D eigenvalue weighted by Gasteiger charge is 1.99. The fraction of sp³-hybridized carbons (Fsp3) is 1.00. The number of rotatable bonds is 1. The van der Waals surface area contributed by atoms with Crippen molar-refractivity contribution < 1.29 is 27.7 Å². The molecule has 0 heterocycles. The molecule has 0 saturated heterocycles. The van der Waals surface area contributed by atoms with Gasteiger partial charge in [0.1, 0.15) is 0 Å². The predicted octanol–water partition coefficient (Wildman–Crippen LogP) is -0.905. The van der Waals surface area contributed by atoms with Crippen molar-refractivity contribution in [3.05, 3.63) is 0 Å². The normalized spacial score (nSPS) is 16.2. The third-order valence-electron chi connectivity index (χ3n) is 0.698. The van der Waals surface area contributed by atoms with Crippen molar-refractivity contribution in [2.24, 2.45) is 0 Å². The maximum absolute atomic E-state index is 8.74. The van der Waals surface area contributed by atoms with Gasteiger partial charge in [-0.2, -0.15) is 8.42 Å². The third kappa shape index (κ3) is 41.4. The molecule has 0 rings (SSSR count). The van der Waals surface area contributed by atoms with Crippen LogP contribution in [0.4, 0.5) is 0 Å². The van der Waals surface area contributed by atoms with E-state index >= 15 is 0 Å². The van der Waals surface area contributed by atoms with Crippen LogP contribution in [0.3, 0.4) is 0 Å². The summed E-state index contributed by atoms with van der Waals surface area (Å²) in [6.45, 7) is 3.09. The van der Waals surface area contributed by atoms with E-state index in [1.807, 2.05) is 0 Å². The van der Waals surface area contributed by atoms with Crippen LogP contribution in [-0.4, -0.2) is 39.9 Å². The van der Waals surface area contributed by atoms with Gasteiger partial charge in [-0.05, 0) is 13.8 Å². The standard InChI is InChI=1S/C4H10O2.H2O4S/c1-3(5)4(2)6;1-5(2,3)4/h3-6H,1-2H3;(H2,1,2,3,4). The number of aliphatic hydroxyl groups is 2. The molecule has 11 heavy (non-hydrogen) atoms. The van der Waals surface area contributed by atoms with Gasteiger partial charge >= 0.3 is 10.4 Å². The molecular formula is C4H12O6S. The van der Waals surface area contributed by atoms with Crippen molar-refractivity contribution in [2.75, 3.05) is 0 Å². The van der Waals surface area contributed by atoms with Gasteiger partial charge in [0.05, 0.1) is 12.2 Å². The summed E-state index contributed by atoms with van der Waals surface area (Å²) in [6, 6.07) is 0. The van der Waals surface area contributed by atoms with Gasteiger partial charge < -0.3 is 10.2 Å². The summed E-state index contributed by atoms with van der Waals surface area (Å²) in [5, 5.41) is 16.8. The van der Waals surface area contributed by atoms with Gasteiger partial charge in [-0.3, -0.25) is 9.11 Å². The van der Waals surface area contributed by atoms with Gasteiger partial charge in [-0.15, -0.1) is 0 Å². The van der Waals surface area contributed by atoms with Crippen molar-refractivity contribution in [1.82, 2.24) is 0 Å². The lowest BCUT2D eigenvalue weighted by Crippen LogP contribution is -2.17. The quantitative estimate of drug-likeness (QED) is 0.396. The van der Waals surface area contributed by atoms with Crippen LogP contribution in [-0.2, 0) is 10.4 Å². The Labute approximate surface area is 65.1 Å². The Morgan fingerprint density at radius 3 is 1.09 bits per heavy atom. The van der Waals surface area contributed by atoms with E-state index in [4.69, 9.17) is 27.7 Å². The van der Waals surface area contributed by atoms with Crippen LogP contribution in [0.15, 0.2) is 0 Å². The van der Waals surface area contributed by atoms with Crippen LogP contribution in [0, 0.1) is 0 Å². The average molecular weight is 188 g/mol. The molecular weight excluding hydrogens is 176 g/mol. The molecule has 2 atom stereocenters. The van der Waals surface area contributed by atoms with Crippen LogP contribution >= 0.6 is 0 Å². The molecule has 0 radical (unpaired) electrons. The molecule has 0 fully saturated rings. The first-order chi connectivity index (χ1) is 4.64. The third-order valence-corrected chi connectivity index (χ3v) is 0.698. The summed E-state index contributed by atoms with van der Waals surface area (Å²) in [5.74, 6) is 0. The minimum absolute atomic E-state index is 0.593. The highest BCUT2D eigenvalue weighted by Crippen LogP contribution is 1.85. The molecule has 0 aromatic rings. The fourth-order valence-corrected chi connectivity index (χ4v) is 0. The largest absolute Gasteiger partial charge is 0.394 e. The topological polar surface area (TPSA) is 115 Å². The molecule has 0 bridgehead atoms. The molecule has 0 aliphatic heterocycles. The lowest BCUT2D eigenvalue weighted by molar-refractivity contribution is 0.0438. The highest BCUT2D eigenvalue weighted by atomic mass is 32.3. The molecule has 0 spiro atoms. The molecule has 2 unspecified atom stereocenters. The van der Waals surface area contributed by atoms with E-state index in [9.17, 15) is 0 Å². The zero-order valence-corrected chi connectivity index (χ0v) is 6.98. The second-order valence-corrected chi connectivity index (χ2v) is 2.82. The molecule has 0 saturated carbocycles. The Bertz CT molecular complexity index is 155. The van der Waals surface area contributed by atoms with Crippen molar-refractivity contribution in [3.8, 4) is 0 Å². The lowest BCUT2D eigenvalue weighted by Gasteiger charge is -2.03. The van der Waals surface area contributed by atoms with E-state index in [1.165, 1.54) is 0 Å². The summed E-state index contributed by atoms with van der Waals surface area (Å²) in [4.78, 5) is 0. The SMILES string of the molecule is CC(O)C(C)O.O=S(=O)(O)O. The summed E-state index contributed by atoms with van der Waals surface area (Å²) < 4.78 is 31.6. The summed E-state index contributed by atoms with van der Waals surface area (Å²) in [5.41, 5.74) is 0. The number of hydrogen-bond donors (Lipinski definition) is 4. The Hall–Kier alpha value is -0.210. The first-order valence-electron chi connectivity index (χ1n) is 2.70. The Balaban J connectivity index is 0. The van der Waals surface area contributed by atoms with Crippen molar-refractivity contribution >= 4 is 10.4 Å². The van der Waals surface area contributed by atoms with Gasteiger partial charge in [-0.25, -0.2) is 0 Å². The van der Waals surface area contributed by atoms with Crippen LogP contribution in [0.2, 0.25) is 0 Å². The van der Waals surface area contributed by atoms with Crippen LogP contribution in [0.5, 0.6) is 0 Å². The smallest absolute Gasteiger partial charge is 0.391 e. The Morgan fingerprint density at radius 2 is 1.09 bits per heavy atom. The fourth-order valence-electron chi connectivity index (χ4n) is 0. The summed E-state index contributed by atoms with van der Waals surface area (Å²) in [7, 11) is -4.67. The van der Waals surface area contributed by atoms with E-state index in [0.29, 0.717) is 0 Å². The van der Waals surface area contributed by atoms with E-state index in [-0.39, 0.29) is 0 Å². The number of aliphatic hydroxyl groups excluding tert-OH is 2. The van der Waals surface area contributed by atoms with Crippen molar-refractivity contribution in [3.63, 3.8) is 0 Å². The minimum Gasteiger partial charge on any atom is -0.391 e. The molecule has 0 aromatic carbocycles. The monoisotopic (exact) mass is 188 g/mol.